The SMILES string of the molecule is CCCCCCCCCCCCCCCCCCCCCCCCC/C=C/CC/C=C/CC/C=C/C(O)C(COC1OC(CO)C(OC2OC(CO)C(OC3OC(CO)C(O)C(O)C3O)C(O)C2O)C(O)C1O)NC(=O)CCCCCCCCCCCCCCCCCCCC. The number of aliphatic hydroxyl groups is 11. The maximum atomic E-state index is 13.4. The van der Waals surface area contributed by atoms with Crippen molar-refractivity contribution in [2.45, 2.75) is 420 Å². The molecule has 19 heteroatoms. The Morgan fingerprint density at radius 2 is 0.667 bits per heavy atom. The molecule has 0 saturated carbocycles. The lowest BCUT2D eigenvalue weighted by Crippen LogP contribution is -2.66. The van der Waals surface area contributed by atoms with Crippen molar-refractivity contribution in [2.75, 3.05) is 26.4 Å². The van der Waals surface area contributed by atoms with Crippen LogP contribution in [0.1, 0.15) is 316 Å². The van der Waals surface area contributed by atoms with Crippen LogP contribution in [0.4, 0.5) is 0 Å². The van der Waals surface area contributed by atoms with Gasteiger partial charge in [0.15, 0.2) is 18.9 Å². The van der Waals surface area contributed by atoms with E-state index in [9.17, 15) is 61.0 Å². The van der Waals surface area contributed by atoms with E-state index < -0.39 is 124 Å². The van der Waals surface area contributed by atoms with Gasteiger partial charge in [0.05, 0.1) is 38.6 Å². The van der Waals surface area contributed by atoms with Gasteiger partial charge in [-0.3, -0.25) is 4.79 Å². The molecule has 0 aromatic rings. The summed E-state index contributed by atoms with van der Waals surface area (Å²) >= 11 is 0. The van der Waals surface area contributed by atoms with Crippen LogP contribution in [0.15, 0.2) is 36.5 Å². The minimum atomic E-state index is -1.98. The number of rotatable bonds is 62. The number of unbranched alkanes of at least 4 members (excludes halogenated alkanes) is 42. The van der Waals surface area contributed by atoms with Crippen molar-refractivity contribution in [1.82, 2.24) is 5.32 Å². The van der Waals surface area contributed by atoms with E-state index in [2.05, 4.69) is 43.5 Å². The zero-order chi connectivity index (χ0) is 69.6. The third-order valence-corrected chi connectivity index (χ3v) is 19.7. The van der Waals surface area contributed by atoms with Gasteiger partial charge >= 0.3 is 0 Å². The molecule has 0 aliphatic carbocycles. The van der Waals surface area contributed by atoms with Crippen molar-refractivity contribution in [2.24, 2.45) is 0 Å². The van der Waals surface area contributed by atoms with Gasteiger partial charge in [-0.05, 0) is 44.9 Å². The van der Waals surface area contributed by atoms with E-state index in [-0.39, 0.29) is 18.9 Å². The van der Waals surface area contributed by atoms with Crippen LogP contribution in [0, 0.1) is 0 Å². The van der Waals surface area contributed by atoms with Gasteiger partial charge in [-0.15, -0.1) is 0 Å². The van der Waals surface area contributed by atoms with Crippen molar-refractivity contribution in [1.29, 1.82) is 0 Å². The molecule has 3 aliphatic rings. The molecule has 0 aromatic heterocycles. The minimum Gasteiger partial charge on any atom is -0.394 e. The summed E-state index contributed by atoms with van der Waals surface area (Å²) in [7, 11) is 0. The molecule has 3 heterocycles. The number of ether oxygens (including phenoxy) is 6. The first-order valence-electron chi connectivity index (χ1n) is 39.2. The molecular formula is C77H143NO18. The van der Waals surface area contributed by atoms with Crippen LogP contribution in [0.2, 0.25) is 0 Å². The maximum Gasteiger partial charge on any atom is 0.220 e. The third-order valence-electron chi connectivity index (χ3n) is 19.7. The van der Waals surface area contributed by atoms with Crippen molar-refractivity contribution >= 4 is 5.91 Å². The normalized spacial score (nSPS) is 27.2. The molecule has 0 aromatic carbocycles. The lowest BCUT2D eigenvalue weighted by molar-refractivity contribution is -0.379. The summed E-state index contributed by atoms with van der Waals surface area (Å²) in [4.78, 5) is 13.4. The highest BCUT2D eigenvalue weighted by Gasteiger charge is 2.53. The van der Waals surface area contributed by atoms with Gasteiger partial charge in [0.25, 0.3) is 0 Å². The topological polar surface area (TPSA) is 307 Å². The second kappa shape index (κ2) is 58.5. The summed E-state index contributed by atoms with van der Waals surface area (Å²) in [5.74, 6) is -0.284. The molecule has 0 bridgehead atoms. The van der Waals surface area contributed by atoms with Crippen LogP contribution in [0.25, 0.3) is 0 Å². The van der Waals surface area contributed by atoms with Gasteiger partial charge in [0.1, 0.15) is 73.2 Å². The number of hydrogen-bond donors (Lipinski definition) is 12. The highest BCUT2D eigenvalue weighted by Crippen LogP contribution is 2.33. The minimum absolute atomic E-state index is 0.236. The van der Waals surface area contributed by atoms with E-state index in [0.717, 1.165) is 44.9 Å². The van der Waals surface area contributed by atoms with E-state index in [1.807, 2.05) is 6.08 Å². The molecule has 3 saturated heterocycles. The van der Waals surface area contributed by atoms with Crippen molar-refractivity contribution in [3.63, 3.8) is 0 Å². The lowest BCUT2D eigenvalue weighted by Gasteiger charge is -2.48. The maximum absolute atomic E-state index is 13.4. The van der Waals surface area contributed by atoms with E-state index in [1.54, 1.807) is 6.08 Å². The molecule has 17 unspecified atom stereocenters. The summed E-state index contributed by atoms with van der Waals surface area (Å²) < 4.78 is 34.4. The van der Waals surface area contributed by atoms with Gasteiger partial charge in [0, 0.05) is 6.42 Å². The van der Waals surface area contributed by atoms with Crippen LogP contribution < -0.4 is 5.32 Å². The van der Waals surface area contributed by atoms with Gasteiger partial charge in [-0.1, -0.05) is 301 Å². The summed E-state index contributed by atoms with van der Waals surface area (Å²) in [6.07, 6.45) is 44.3. The molecule has 564 valence electrons. The molecule has 3 fully saturated rings. The molecular weight excluding hydrogens is 1230 g/mol. The molecule has 12 N–H and O–H groups in total. The van der Waals surface area contributed by atoms with Crippen LogP contribution in [-0.2, 0) is 33.2 Å². The monoisotopic (exact) mass is 1370 g/mol. The predicted molar refractivity (Wildman–Crippen MR) is 379 cm³/mol. The van der Waals surface area contributed by atoms with Crippen molar-refractivity contribution in [3.05, 3.63) is 36.5 Å². The van der Waals surface area contributed by atoms with Gasteiger partial charge in [-0.25, -0.2) is 0 Å². The highest BCUT2D eigenvalue weighted by molar-refractivity contribution is 5.76. The first-order valence-corrected chi connectivity index (χ1v) is 39.2. The average molecular weight is 1370 g/mol. The van der Waals surface area contributed by atoms with E-state index in [1.165, 1.54) is 238 Å². The summed E-state index contributed by atoms with van der Waals surface area (Å²) in [5, 5.41) is 121. The standard InChI is InChI=1S/C77H143NO18/c1-3-5-7-9-11-13-15-17-19-21-23-24-25-26-27-28-29-30-31-32-33-34-35-36-37-38-40-42-44-46-48-50-52-54-61(82)60(78-65(83)55-53-51-49-47-45-43-41-39-22-20-18-16-14-12-10-8-6-4-2)59-91-75-71(89)68(86)73(63(57-80)93-75)96-77-72(90)69(87)74(64(58-81)94-77)95-76-70(88)67(85)66(84)62(56-79)92-76/h37-38,44,46,52,54,60-64,66-77,79-82,84-90H,3-36,39-43,45,47-51,53,55-59H2,1-2H3,(H,78,83)/b38-37+,46-44+,54-52+. The van der Waals surface area contributed by atoms with Gasteiger partial charge in [-0.2, -0.15) is 0 Å². The average Bonchev–Trinajstić information content (AvgIpc) is 0.786. The fourth-order valence-corrected chi connectivity index (χ4v) is 13.3. The van der Waals surface area contributed by atoms with Crippen LogP contribution >= 0.6 is 0 Å². The lowest BCUT2D eigenvalue weighted by atomic mass is 9.96. The Morgan fingerprint density at radius 1 is 0.365 bits per heavy atom. The first kappa shape index (κ1) is 88.2. The predicted octanol–water partition coefficient (Wildman–Crippen LogP) is 12.3. The summed E-state index contributed by atoms with van der Waals surface area (Å²) in [5.41, 5.74) is 0. The molecule has 3 rings (SSSR count). The van der Waals surface area contributed by atoms with Crippen molar-refractivity contribution < 1.29 is 89.4 Å². The smallest absolute Gasteiger partial charge is 0.220 e. The fourth-order valence-electron chi connectivity index (χ4n) is 13.3. The zero-order valence-electron chi connectivity index (χ0n) is 60.1. The molecule has 19 nitrogen and oxygen atoms in total. The fraction of sp³-hybridized carbons (Fsp3) is 0.909. The largest absolute Gasteiger partial charge is 0.394 e. The first-order chi connectivity index (χ1) is 46.8. The molecule has 1 amide bonds. The Bertz CT molecular complexity index is 1880. The number of aliphatic hydroxyl groups excluding tert-OH is 11. The number of nitrogens with one attached hydrogen (secondary N) is 1. The van der Waals surface area contributed by atoms with Gasteiger partial charge in [0.2, 0.25) is 5.91 Å². The van der Waals surface area contributed by atoms with E-state index in [0.29, 0.717) is 12.8 Å². The Hall–Kier alpha value is -1.99. The second-order valence-electron chi connectivity index (χ2n) is 28.2. The van der Waals surface area contributed by atoms with Gasteiger partial charge < -0.3 is 89.9 Å². The Labute approximate surface area is 581 Å². The Balaban J connectivity index is 1.39. The molecule has 17 atom stereocenters. The van der Waals surface area contributed by atoms with E-state index >= 15 is 0 Å². The Morgan fingerprint density at radius 3 is 1.04 bits per heavy atom. The number of allylic oxidation sites excluding steroid dienone is 5. The second-order valence-corrected chi connectivity index (χ2v) is 28.2. The van der Waals surface area contributed by atoms with Crippen LogP contribution in [0.5, 0.6) is 0 Å². The third kappa shape index (κ3) is 38.9. The summed E-state index contributed by atoms with van der Waals surface area (Å²) in [6, 6.07) is -0.995. The van der Waals surface area contributed by atoms with E-state index in [4.69, 9.17) is 28.4 Å². The Kier molecular flexibility index (Phi) is 53.8. The highest BCUT2D eigenvalue weighted by atomic mass is 16.8. The number of carbonyl (C=O) groups is 1. The molecule has 0 spiro atoms. The number of carbonyl (C=O) groups excluding carboxylic acids is 1. The zero-order valence-corrected chi connectivity index (χ0v) is 60.1. The quantitative estimate of drug-likeness (QED) is 0.0199. The summed E-state index contributed by atoms with van der Waals surface area (Å²) in [6.45, 7) is 1.75. The number of hydrogen-bond acceptors (Lipinski definition) is 18. The van der Waals surface area contributed by atoms with Crippen LogP contribution in [0.3, 0.4) is 0 Å². The number of amides is 1. The molecule has 3 aliphatic heterocycles. The van der Waals surface area contributed by atoms with Crippen LogP contribution in [-0.4, -0.2) is 193 Å². The molecule has 96 heavy (non-hydrogen) atoms. The van der Waals surface area contributed by atoms with Crippen molar-refractivity contribution in [3.8, 4) is 0 Å². The molecule has 0 radical (unpaired) electrons.